The molecule has 2 aromatic rings. The molecule has 5 rings (SSSR count). The fourth-order valence-corrected chi connectivity index (χ4v) is 5.27. The smallest absolute Gasteiger partial charge is 0.289 e. The largest absolute Gasteiger partial charge is 0.493 e. The van der Waals surface area contributed by atoms with E-state index in [-0.39, 0.29) is 17.4 Å². The predicted octanol–water partition coefficient (Wildman–Crippen LogP) is 2.74. The zero-order valence-corrected chi connectivity index (χ0v) is 17.6. The van der Waals surface area contributed by atoms with Gasteiger partial charge in [-0.25, -0.2) is 0 Å². The summed E-state index contributed by atoms with van der Waals surface area (Å²) in [7, 11) is 1.60. The number of furan rings is 1. The van der Waals surface area contributed by atoms with Gasteiger partial charge < -0.3 is 19.0 Å². The van der Waals surface area contributed by atoms with E-state index in [2.05, 4.69) is 4.90 Å². The normalized spacial score (nSPS) is 24.4. The van der Waals surface area contributed by atoms with Crippen LogP contribution >= 0.6 is 0 Å². The highest BCUT2D eigenvalue weighted by Crippen LogP contribution is 2.39. The maximum atomic E-state index is 13.2. The van der Waals surface area contributed by atoms with Gasteiger partial charge in [0.15, 0.2) is 17.1 Å². The van der Waals surface area contributed by atoms with Crippen molar-refractivity contribution in [1.82, 2.24) is 14.7 Å². The number of benzene rings is 1. The molecule has 0 saturated carbocycles. The molecule has 4 heterocycles. The van der Waals surface area contributed by atoms with Crippen molar-refractivity contribution in [2.24, 2.45) is 0 Å². The Morgan fingerprint density at radius 2 is 1.87 bits per heavy atom. The van der Waals surface area contributed by atoms with Gasteiger partial charge in [-0.1, -0.05) is 12.1 Å². The molecular weight excluding hydrogens is 382 g/mol. The fourth-order valence-electron chi connectivity index (χ4n) is 5.27. The van der Waals surface area contributed by atoms with Gasteiger partial charge in [-0.15, -0.1) is 0 Å². The lowest BCUT2D eigenvalue weighted by atomic mass is 9.77. The molecule has 0 unspecified atom stereocenters. The second kappa shape index (κ2) is 7.61. The van der Waals surface area contributed by atoms with Crippen LogP contribution in [0.15, 0.2) is 28.7 Å². The van der Waals surface area contributed by atoms with Crippen LogP contribution in [0.1, 0.15) is 42.7 Å². The number of likely N-dealkylation sites (tertiary alicyclic amines) is 3. The van der Waals surface area contributed by atoms with Crippen LogP contribution < -0.4 is 4.74 Å². The van der Waals surface area contributed by atoms with Gasteiger partial charge in [-0.05, 0) is 44.2 Å². The zero-order chi connectivity index (χ0) is 20.7. The number of nitrogens with zero attached hydrogens (tertiary/aromatic N) is 3. The van der Waals surface area contributed by atoms with Crippen molar-refractivity contribution in [2.75, 3.05) is 46.4 Å². The van der Waals surface area contributed by atoms with E-state index in [0.29, 0.717) is 30.2 Å². The molecule has 0 N–H and O–H groups in total. The average Bonchev–Trinajstić information content (AvgIpc) is 3.46. The molecule has 1 atom stereocenters. The van der Waals surface area contributed by atoms with Crippen molar-refractivity contribution in [1.29, 1.82) is 0 Å². The van der Waals surface area contributed by atoms with E-state index in [9.17, 15) is 9.59 Å². The molecular formula is C23H29N3O4. The van der Waals surface area contributed by atoms with Gasteiger partial charge in [0.2, 0.25) is 5.91 Å². The Bertz CT molecular complexity index is 965. The lowest BCUT2D eigenvalue weighted by Crippen LogP contribution is -2.68. The van der Waals surface area contributed by atoms with Crippen LogP contribution in [0.5, 0.6) is 5.75 Å². The van der Waals surface area contributed by atoms with Crippen LogP contribution in [-0.4, -0.2) is 78.4 Å². The lowest BCUT2D eigenvalue weighted by Gasteiger charge is -2.57. The summed E-state index contributed by atoms with van der Waals surface area (Å²) >= 11 is 0. The van der Waals surface area contributed by atoms with Gasteiger partial charge in [0, 0.05) is 43.6 Å². The van der Waals surface area contributed by atoms with Gasteiger partial charge in [0.1, 0.15) is 0 Å². The first-order valence-electron chi connectivity index (χ1n) is 11.0. The number of piperidine rings is 1. The van der Waals surface area contributed by atoms with Crippen LogP contribution in [0.3, 0.4) is 0 Å². The van der Waals surface area contributed by atoms with E-state index >= 15 is 0 Å². The van der Waals surface area contributed by atoms with Gasteiger partial charge >= 0.3 is 0 Å². The van der Waals surface area contributed by atoms with E-state index in [1.54, 1.807) is 13.2 Å². The van der Waals surface area contributed by atoms with Gasteiger partial charge in [0.05, 0.1) is 13.7 Å². The first-order chi connectivity index (χ1) is 14.6. The quantitative estimate of drug-likeness (QED) is 0.774. The summed E-state index contributed by atoms with van der Waals surface area (Å²) in [6.45, 7) is 4.57. The fraction of sp³-hybridized carbons (Fsp3) is 0.565. The summed E-state index contributed by atoms with van der Waals surface area (Å²) in [5, 5.41) is 0.867. The standard InChI is InChI=1S/C23H29N3O4/c1-29-18-7-4-6-17-14-19(30-21(17)18)22(28)25-12-5-8-23(16-25)9-13-26(23)15-20(27)24-10-2-3-11-24/h4,6-7,14H,2-3,5,8-13,15-16H2,1H3/t23-/m0/s1. The van der Waals surface area contributed by atoms with Crippen LogP contribution in [0.4, 0.5) is 0 Å². The molecule has 7 nitrogen and oxygen atoms in total. The van der Waals surface area contributed by atoms with Crippen molar-refractivity contribution < 1.29 is 18.7 Å². The number of amides is 2. The molecule has 30 heavy (non-hydrogen) atoms. The third-order valence-corrected chi connectivity index (χ3v) is 7.08. The third-order valence-electron chi connectivity index (χ3n) is 7.08. The number of carbonyl (C=O) groups excluding carboxylic acids is 2. The Hall–Kier alpha value is -2.54. The molecule has 7 heteroatoms. The second-order valence-corrected chi connectivity index (χ2v) is 8.80. The van der Waals surface area contributed by atoms with E-state index in [1.807, 2.05) is 28.0 Å². The van der Waals surface area contributed by atoms with E-state index in [1.165, 1.54) is 0 Å². The third kappa shape index (κ3) is 3.25. The number of carbonyl (C=O) groups is 2. The van der Waals surface area contributed by atoms with E-state index in [4.69, 9.17) is 9.15 Å². The first-order valence-corrected chi connectivity index (χ1v) is 11.0. The van der Waals surface area contributed by atoms with E-state index < -0.39 is 0 Å². The second-order valence-electron chi connectivity index (χ2n) is 8.80. The van der Waals surface area contributed by atoms with Gasteiger partial charge in [-0.3, -0.25) is 14.5 Å². The van der Waals surface area contributed by atoms with Crippen LogP contribution in [0, 0.1) is 0 Å². The zero-order valence-electron chi connectivity index (χ0n) is 17.6. The van der Waals surface area contributed by atoms with Crippen molar-refractivity contribution in [3.05, 3.63) is 30.0 Å². The Morgan fingerprint density at radius 3 is 2.60 bits per heavy atom. The van der Waals surface area contributed by atoms with Crippen LogP contribution in [-0.2, 0) is 4.79 Å². The molecule has 3 fully saturated rings. The Labute approximate surface area is 176 Å². The predicted molar refractivity (Wildman–Crippen MR) is 113 cm³/mol. The molecule has 1 aromatic heterocycles. The highest BCUT2D eigenvalue weighted by atomic mass is 16.5. The first kappa shape index (κ1) is 19.4. The molecule has 0 aliphatic carbocycles. The molecule has 3 aliphatic heterocycles. The molecule has 0 radical (unpaired) electrons. The highest BCUT2D eigenvalue weighted by molar-refractivity contribution is 5.97. The summed E-state index contributed by atoms with van der Waals surface area (Å²) in [6, 6.07) is 7.45. The molecule has 2 amide bonds. The number of para-hydroxylation sites is 1. The maximum absolute atomic E-state index is 13.2. The summed E-state index contributed by atoms with van der Waals surface area (Å²) in [6.07, 6.45) is 5.25. The van der Waals surface area contributed by atoms with E-state index in [0.717, 1.165) is 63.7 Å². The average molecular weight is 412 g/mol. The summed E-state index contributed by atoms with van der Waals surface area (Å²) in [4.78, 5) is 32.1. The molecule has 3 aliphatic rings. The number of hydrogen-bond donors (Lipinski definition) is 0. The summed E-state index contributed by atoms with van der Waals surface area (Å²) in [5.41, 5.74) is 0.545. The topological polar surface area (TPSA) is 66.2 Å². The number of rotatable bonds is 4. The minimum atomic E-state index is -0.0787. The molecule has 160 valence electrons. The Kier molecular flexibility index (Phi) is 4.93. The maximum Gasteiger partial charge on any atom is 0.289 e. The number of fused-ring (bicyclic) bond motifs is 1. The molecule has 0 bridgehead atoms. The highest BCUT2D eigenvalue weighted by Gasteiger charge is 2.49. The summed E-state index contributed by atoms with van der Waals surface area (Å²) in [5.74, 6) is 1.14. The SMILES string of the molecule is COc1cccc2cc(C(=O)N3CCC[C@]4(CCN4CC(=O)N4CCCC4)C3)oc12. The van der Waals surface area contributed by atoms with Crippen molar-refractivity contribution >= 4 is 22.8 Å². The number of ether oxygens (including phenoxy) is 1. The lowest BCUT2D eigenvalue weighted by molar-refractivity contribution is -0.138. The minimum absolute atomic E-state index is 0.0625. The van der Waals surface area contributed by atoms with Crippen LogP contribution in [0.2, 0.25) is 0 Å². The minimum Gasteiger partial charge on any atom is -0.493 e. The van der Waals surface area contributed by atoms with Crippen molar-refractivity contribution in [2.45, 2.75) is 37.6 Å². The van der Waals surface area contributed by atoms with Crippen molar-refractivity contribution in [3.63, 3.8) is 0 Å². The summed E-state index contributed by atoms with van der Waals surface area (Å²) < 4.78 is 11.3. The molecule has 3 saturated heterocycles. The Balaban J connectivity index is 1.30. The van der Waals surface area contributed by atoms with Gasteiger partial charge in [0.25, 0.3) is 5.91 Å². The number of methoxy groups -OCH3 is 1. The Morgan fingerprint density at radius 1 is 1.07 bits per heavy atom. The van der Waals surface area contributed by atoms with Crippen molar-refractivity contribution in [3.8, 4) is 5.75 Å². The molecule has 1 aromatic carbocycles. The van der Waals surface area contributed by atoms with Gasteiger partial charge in [-0.2, -0.15) is 0 Å². The number of hydrogen-bond acceptors (Lipinski definition) is 5. The van der Waals surface area contributed by atoms with Crippen LogP contribution in [0.25, 0.3) is 11.0 Å². The monoisotopic (exact) mass is 411 g/mol. The molecule has 1 spiro atoms.